The summed E-state index contributed by atoms with van der Waals surface area (Å²) in [4.78, 5) is 18.0. The summed E-state index contributed by atoms with van der Waals surface area (Å²) in [6.45, 7) is 6.97. The van der Waals surface area contributed by atoms with E-state index >= 15 is 0 Å². The standard InChI is InChI=1S/C24H25N3O3S/c1-15(2)11-12-30-19-10-9-17(13-20(19)29-4)14-21-23(28)27-24(31-21)25-22(26-27)18-8-6-5-7-16(18)3/h5-10,13-15H,11-12H2,1-4H3. The molecule has 4 aromatic rings. The molecule has 7 heteroatoms. The van der Waals surface area contributed by atoms with E-state index in [1.54, 1.807) is 7.11 Å². The summed E-state index contributed by atoms with van der Waals surface area (Å²) < 4.78 is 13.3. The van der Waals surface area contributed by atoms with Crippen molar-refractivity contribution in [1.82, 2.24) is 14.6 Å². The van der Waals surface area contributed by atoms with Crippen molar-refractivity contribution < 1.29 is 9.47 Å². The first kappa shape index (κ1) is 21.1. The summed E-state index contributed by atoms with van der Waals surface area (Å²) in [5, 5.41) is 4.44. The maximum atomic E-state index is 12.9. The molecule has 0 fully saturated rings. The van der Waals surface area contributed by atoms with Crippen molar-refractivity contribution in [2.24, 2.45) is 5.92 Å². The van der Waals surface area contributed by atoms with Crippen LogP contribution < -0.4 is 19.6 Å². The second-order valence-electron chi connectivity index (χ2n) is 7.80. The van der Waals surface area contributed by atoms with Crippen LogP contribution in [0.1, 0.15) is 31.4 Å². The van der Waals surface area contributed by atoms with Crippen LogP contribution in [0.4, 0.5) is 0 Å². The summed E-state index contributed by atoms with van der Waals surface area (Å²) in [5.41, 5.74) is 2.68. The second-order valence-corrected chi connectivity index (χ2v) is 8.81. The number of hydrogen-bond donors (Lipinski definition) is 0. The van der Waals surface area contributed by atoms with Crippen LogP contribution in [-0.4, -0.2) is 28.3 Å². The van der Waals surface area contributed by atoms with Gasteiger partial charge in [-0.15, -0.1) is 5.10 Å². The second kappa shape index (κ2) is 8.89. The molecule has 0 radical (unpaired) electrons. The maximum Gasteiger partial charge on any atom is 0.291 e. The average molecular weight is 436 g/mol. The molecule has 0 aliphatic heterocycles. The monoisotopic (exact) mass is 435 g/mol. The van der Waals surface area contributed by atoms with Crippen molar-refractivity contribution in [2.45, 2.75) is 27.2 Å². The smallest absolute Gasteiger partial charge is 0.291 e. The number of nitrogens with zero attached hydrogens (tertiary/aromatic N) is 3. The number of aromatic nitrogens is 3. The Kier molecular flexibility index (Phi) is 6.04. The molecule has 2 aromatic heterocycles. The lowest BCUT2D eigenvalue weighted by atomic mass is 10.1. The number of fused-ring (bicyclic) bond motifs is 1. The Morgan fingerprint density at radius 1 is 1.16 bits per heavy atom. The third kappa shape index (κ3) is 4.46. The van der Waals surface area contributed by atoms with Crippen LogP contribution in [0, 0.1) is 12.8 Å². The fourth-order valence-corrected chi connectivity index (χ4v) is 4.13. The first-order valence-electron chi connectivity index (χ1n) is 10.2. The van der Waals surface area contributed by atoms with E-state index in [1.807, 2.05) is 55.5 Å². The molecular formula is C24H25N3O3S. The van der Waals surface area contributed by atoms with E-state index in [2.05, 4.69) is 23.9 Å². The zero-order valence-electron chi connectivity index (χ0n) is 18.1. The van der Waals surface area contributed by atoms with Crippen molar-refractivity contribution in [3.63, 3.8) is 0 Å². The number of hydrogen-bond acceptors (Lipinski definition) is 6. The molecule has 0 saturated carbocycles. The number of thiazole rings is 1. The van der Waals surface area contributed by atoms with Gasteiger partial charge in [0.25, 0.3) is 5.56 Å². The van der Waals surface area contributed by atoms with Gasteiger partial charge in [-0.1, -0.05) is 55.5 Å². The van der Waals surface area contributed by atoms with Gasteiger partial charge in [-0.25, -0.2) is 0 Å². The van der Waals surface area contributed by atoms with Gasteiger partial charge in [-0.2, -0.15) is 9.50 Å². The Morgan fingerprint density at radius 2 is 1.97 bits per heavy atom. The van der Waals surface area contributed by atoms with Crippen LogP contribution in [0.15, 0.2) is 47.3 Å². The summed E-state index contributed by atoms with van der Waals surface area (Å²) >= 11 is 1.32. The van der Waals surface area contributed by atoms with Gasteiger partial charge < -0.3 is 9.47 Å². The van der Waals surface area contributed by atoms with Gasteiger partial charge in [0.2, 0.25) is 4.96 Å². The predicted octanol–water partition coefficient (Wildman–Crippen LogP) is 4.11. The van der Waals surface area contributed by atoms with E-state index in [-0.39, 0.29) is 5.56 Å². The van der Waals surface area contributed by atoms with Gasteiger partial charge in [0.05, 0.1) is 18.2 Å². The maximum absolute atomic E-state index is 12.9. The lowest BCUT2D eigenvalue weighted by molar-refractivity contribution is 0.273. The van der Waals surface area contributed by atoms with E-state index in [0.29, 0.717) is 39.3 Å². The van der Waals surface area contributed by atoms with Crippen molar-refractivity contribution in [3.8, 4) is 22.9 Å². The topological polar surface area (TPSA) is 65.7 Å². The molecule has 0 atom stereocenters. The Balaban J connectivity index is 1.65. The molecule has 0 unspecified atom stereocenters. The molecule has 0 bridgehead atoms. The molecule has 0 N–H and O–H groups in total. The number of methoxy groups -OCH3 is 1. The Labute approximate surface area is 184 Å². The highest BCUT2D eigenvalue weighted by Crippen LogP contribution is 2.28. The summed E-state index contributed by atoms with van der Waals surface area (Å²) in [7, 11) is 1.61. The van der Waals surface area contributed by atoms with E-state index in [9.17, 15) is 4.79 Å². The highest BCUT2D eigenvalue weighted by atomic mass is 32.1. The highest BCUT2D eigenvalue weighted by molar-refractivity contribution is 7.15. The number of aryl methyl sites for hydroxylation is 1. The van der Waals surface area contributed by atoms with Crippen LogP contribution in [-0.2, 0) is 0 Å². The van der Waals surface area contributed by atoms with Crippen LogP contribution in [0.25, 0.3) is 22.4 Å². The quantitative estimate of drug-likeness (QED) is 0.437. The zero-order valence-corrected chi connectivity index (χ0v) is 18.9. The van der Waals surface area contributed by atoms with Gasteiger partial charge in [0, 0.05) is 5.56 Å². The lowest BCUT2D eigenvalue weighted by Gasteiger charge is -2.12. The third-order valence-corrected chi connectivity index (χ3v) is 5.97. The Hall–Kier alpha value is -3.19. The minimum Gasteiger partial charge on any atom is -0.493 e. The molecule has 2 aromatic carbocycles. The SMILES string of the molecule is COc1cc(C=c2sc3nc(-c4ccccc4C)nn3c2=O)ccc1OCCC(C)C. The molecule has 2 heterocycles. The summed E-state index contributed by atoms with van der Waals surface area (Å²) in [5.74, 6) is 2.49. The van der Waals surface area contributed by atoms with Gasteiger partial charge in [-0.05, 0) is 48.6 Å². The Morgan fingerprint density at radius 3 is 2.68 bits per heavy atom. The fraction of sp³-hybridized carbons (Fsp3) is 0.292. The van der Waals surface area contributed by atoms with Gasteiger partial charge in [0.1, 0.15) is 0 Å². The van der Waals surface area contributed by atoms with Gasteiger partial charge in [-0.3, -0.25) is 4.79 Å². The van der Waals surface area contributed by atoms with Crippen LogP contribution in [0.5, 0.6) is 11.5 Å². The van der Waals surface area contributed by atoms with Crippen LogP contribution in [0.2, 0.25) is 0 Å². The third-order valence-electron chi connectivity index (χ3n) is 5.01. The molecule has 0 spiro atoms. The minimum absolute atomic E-state index is 0.177. The van der Waals surface area contributed by atoms with Gasteiger partial charge >= 0.3 is 0 Å². The molecule has 0 saturated heterocycles. The van der Waals surface area contributed by atoms with Crippen molar-refractivity contribution in [1.29, 1.82) is 0 Å². The molecule has 4 rings (SSSR count). The average Bonchev–Trinajstić information content (AvgIpc) is 3.28. The first-order valence-corrected chi connectivity index (χ1v) is 11.1. The normalized spacial score (nSPS) is 12.1. The van der Waals surface area contributed by atoms with E-state index in [1.165, 1.54) is 15.9 Å². The molecule has 0 aliphatic rings. The Bertz CT molecular complexity index is 1320. The number of benzene rings is 2. The predicted molar refractivity (Wildman–Crippen MR) is 124 cm³/mol. The zero-order chi connectivity index (χ0) is 22.0. The fourth-order valence-electron chi connectivity index (χ4n) is 3.22. The van der Waals surface area contributed by atoms with E-state index in [0.717, 1.165) is 23.1 Å². The minimum atomic E-state index is -0.177. The van der Waals surface area contributed by atoms with E-state index in [4.69, 9.17) is 9.47 Å². The molecular weight excluding hydrogens is 410 g/mol. The van der Waals surface area contributed by atoms with Crippen molar-refractivity contribution in [2.75, 3.05) is 13.7 Å². The number of rotatable bonds is 7. The van der Waals surface area contributed by atoms with Gasteiger partial charge in [0.15, 0.2) is 17.3 Å². The van der Waals surface area contributed by atoms with Crippen LogP contribution in [0.3, 0.4) is 0 Å². The highest BCUT2D eigenvalue weighted by Gasteiger charge is 2.13. The number of ether oxygens (including phenoxy) is 2. The van der Waals surface area contributed by atoms with Crippen molar-refractivity contribution >= 4 is 22.4 Å². The molecule has 0 amide bonds. The first-order chi connectivity index (χ1) is 15.0. The molecule has 0 aliphatic carbocycles. The lowest BCUT2D eigenvalue weighted by Crippen LogP contribution is -2.23. The molecule has 6 nitrogen and oxygen atoms in total. The largest absolute Gasteiger partial charge is 0.493 e. The molecule has 31 heavy (non-hydrogen) atoms. The molecule has 160 valence electrons. The van der Waals surface area contributed by atoms with E-state index < -0.39 is 0 Å². The summed E-state index contributed by atoms with van der Waals surface area (Å²) in [6.07, 6.45) is 2.81. The summed E-state index contributed by atoms with van der Waals surface area (Å²) in [6, 6.07) is 13.5. The van der Waals surface area contributed by atoms with Crippen molar-refractivity contribution in [3.05, 3.63) is 68.5 Å². The van der Waals surface area contributed by atoms with Crippen LogP contribution >= 0.6 is 11.3 Å².